The van der Waals surface area contributed by atoms with Gasteiger partial charge in [-0.1, -0.05) is 0 Å². The molecule has 0 fully saturated rings. The Kier molecular flexibility index (Phi) is 4.08. The number of nitrogens with one attached hydrogen (secondary N) is 1. The van der Waals surface area contributed by atoms with Crippen LogP contribution in [0.25, 0.3) is 5.82 Å². The van der Waals surface area contributed by atoms with E-state index in [4.69, 9.17) is 5.73 Å². The summed E-state index contributed by atoms with van der Waals surface area (Å²) in [6, 6.07) is 0. The van der Waals surface area contributed by atoms with E-state index in [1.165, 1.54) is 4.57 Å². The van der Waals surface area contributed by atoms with Gasteiger partial charge in [-0.3, -0.25) is 4.57 Å². The van der Waals surface area contributed by atoms with E-state index in [1.54, 1.807) is 6.92 Å². The van der Waals surface area contributed by atoms with Gasteiger partial charge in [0.05, 0.1) is 6.20 Å². The van der Waals surface area contributed by atoms with E-state index < -0.39 is 11.5 Å². The van der Waals surface area contributed by atoms with Gasteiger partial charge in [0, 0.05) is 19.6 Å². The number of halogens is 1. The monoisotopic (exact) mass is 281 g/mol. The fraction of sp³-hybridized carbons (Fsp3) is 0.455. The summed E-state index contributed by atoms with van der Waals surface area (Å²) in [4.78, 5) is 19.8. The zero-order valence-corrected chi connectivity index (χ0v) is 11.3. The van der Waals surface area contributed by atoms with Crippen molar-refractivity contribution in [2.45, 2.75) is 20.4 Å². The number of nitrogens with two attached hydrogens (primary N) is 1. The highest BCUT2D eigenvalue weighted by Crippen LogP contribution is 2.09. The molecule has 0 radical (unpaired) electrons. The lowest BCUT2D eigenvalue weighted by atomic mass is 10.5. The van der Waals surface area contributed by atoms with Gasteiger partial charge >= 0.3 is 5.69 Å². The molecule has 0 saturated carbocycles. The Morgan fingerprint density at radius 1 is 1.50 bits per heavy atom. The third kappa shape index (κ3) is 2.52. The maximum absolute atomic E-state index is 13.8. The predicted molar refractivity (Wildman–Crippen MR) is 71.3 cm³/mol. The molecule has 0 unspecified atom stereocenters. The fourth-order valence-corrected chi connectivity index (χ4v) is 1.77. The van der Waals surface area contributed by atoms with Crippen LogP contribution in [0, 0.1) is 12.7 Å². The zero-order chi connectivity index (χ0) is 14.7. The summed E-state index contributed by atoms with van der Waals surface area (Å²) >= 11 is 0. The summed E-state index contributed by atoms with van der Waals surface area (Å²) in [6.07, 6.45) is 0.994. The molecule has 20 heavy (non-hydrogen) atoms. The van der Waals surface area contributed by atoms with Crippen molar-refractivity contribution in [2.75, 3.05) is 18.4 Å². The molecule has 0 saturated heterocycles. The van der Waals surface area contributed by atoms with Crippen molar-refractivity contribution in [1.29, 1.82) is 0 Å². The zero-order valence-electron chi connectivity index (χ0n) is 11.3. The summed E-state index contributed by atoms with van der Waals surface area (Å²) in [6.45, 7) is 4.77. The van der Waals surface area contributed by atoms with Gasteiger partial charge in [-0.15, -0.1) is 5.10 Å². The largest absolute Gasteiger partial charge is 0.353 e. The number of hydrogen-bond donors (Lipinski definition) is 2. The van der Waals surface area contributed by atoms with Crippen LogP contribution in [-0.4, -0.2) is 37.4 Å². The molecule has 9 heteroatoms. The third-order valence-corrected chi connectivity index (χ3v) is 2.72. The Hall–Kier alpha value is -2.29. The number of rotatable bonds is 5. The number of hydrogen-bond acceptors (Lipinski definition) is 6. The van der Waals surface area contributed by atoms with Gasteiger partial charge in [-0.05, 0) is 13.8 Å². The van der Waals surface area contributed by atoms with Crippen molar-refractivity contribution in [3.05, 3.63) is 28.3 Å². The van der Waals surface area contributed by atoms with Crippen LogP contribution in [0.1, 0.15) is 12.7 Å². The first kappa shape index (κ1) is 14.1. The Morgan fingerprint density at radius 2 is 2.25 bits per heavy atom. The van der Waals surface area contributed by atoms with E-state index in [-0.39, 0.29) is 11.8 Å². The summed E-state index contributed by atoms with van der Waals surface area (Å²) < 4.78 is 16.2. The first-order valence-corrected chi connectivity index (χ1v) is 6.21. The Balaban J connectivity index is 2.49. The standard InChI is InChI=1S/C11H16FN7O/c1-3-18-7(2)17-19(11(18)20)9-8(12)6-15-10(16-9)14-5-4-13/h6H,3-5,13H2,1-2H3,(H,14,15,16). The minimum absolute atomic E-state index is 0.181. The lowest BCUT2D eigenvalue weighted by Crippen LogP contribution is -2.25. The average molecular weight is 281 g/mol. The van der Waals surface area contributed by atoms with Crippen LogP contribution in [0.5, 0.6) is 0 Å². The van der Waals surface area contributed by atoms with Gasteiger partial charge in [0.15, 0.2) is 11.6 Å². The Bertz CT molecular complexity index is 663. The molecule has 0 aromatic carbocycles. The molecular formula is C11H16FN7O. The quantitative estimate of drug-likeness (QED) is 0.777. The summed E-state index contributed by atoms with van der Waals surface area (Å²) in [5, 5.41) is 6.84. The minimum Gasteiger partial charge on any atom is -0.353 e. The van der Waals surface area contributed by atoms with E-state index in [9.17, 15) is 9.18 Å². The van der Waals surface area contributed by atoms with Gasteiger partial charge in [0.1, 0.15) is 5.82 Å². The first-order valence-electron chi connectivity index (χ1n) is 6.21. The van der Waals surface area contributed by atoms with Gasteiger partial charge in [0.2, 0.25) is 5.95 Å². The molecule has 2 aromatic rings. The van der Waals surface area contributed by atoms with Crippen molar-refractivity contribution in [3.8, 4) is 5.82 Å². The summed E-state index contributed by atoms with van der Waals surface area (Å²) in [5.41, 5.74) is 4.92. The SMILES string of the molecule is CCn1c(C)nn(-c2nc(NCCN)ncc2F)c1=O. The van der Waals surface area contributed by atoms with Crippen molar-refractivity contribution in [2.24, 2.45) is 5.73 Å². The van der Waals surface area contributed by atoms with Gasteiger partial charge in [-0.25, -0.2) is 14.2 Å². The van der Waals surface area contributed by atoms with Crippen molar-refractivity contribution in [3.63, 3.8) is 0 Å². The predicted octanol–water partition coefficient (Wildman–Crippen LogP) is -0.338. The molecule has 0 bridgehead atoms. The molecule has 0 aliphatic heterocycles. The molecule has 3 N–H and O–H groups in total. The topological polar surface area (TPSA) is 104 Å². The van der Waals surface area contributed by atoms with Crippen molar-refractivity contribution >= 4 is 5.95 Å². The number of aromatic nitrogens is 5. The van der Waals surface area contributed by atoms with E-state index in [0.29, 0.717) is 25.5 Å². The number of aryl methyl sites for hydroxylation is 1. The van der Waals surface area contributed by atoms with E-state index in [1.807, 2.05) is 6.92 Å². The van der Waals surface area contributed by atoms with Gasteiger partial charge < -0.3 is 11.1 Å². The first-order chi connectivity index (χ1) is 9.58. The van der Waals surface area contributed by atoms with Crippen LogP contribution in [0.2, 0.25) is 0 Å². The third-order valence-electron chi connectivity index (χ3n) is 2.72. The number of anilines is 1. The molecule has 0 spiro atoms. The molecule has 0 aliphatic rings. The van der Waals surface area contributed by atoms with Gasteiger partial charge in [-0.2, -0.15) is 9.67 Å². The molecule has 0 amide bonds. The second kappa shape index (κ2) is 5.78. The maximum Gasteiger partial charge on any atom is 0.352 e. The van der Waals surface area contributed by atoms with Crippen LogP contribution < -0.4 is 16.7 Å². The lowest BCUT2D eigenvalue weighted by molar-refractivity contribution is 0.587. The molecule has 0 aliphatic carbocycles. The van der Waals surface area contributed by atoms with Crippen LogP contribution >= 0.6 is 0 Å². The molecule has 2 aromatic heterocycles. The van der Waals surface area contributed by atoms with Crippen LogP contribution in [0.15, 0.2) is 11.0 Å². The second-order valence-electron chi connectivity index (χ2n) is 4.07. The van der Waals surface area contributed by atoms with Crippen molar-refractivity contribution in [1.82, 2.24) is 24.3 Å². The van der Waals surface area contributed by atoms with E-state index in [2.05, 4.69) is 20.4 Å². The van der Waals surface area contributed by atoms with Gasteiger partial charge in [0.25, 0.3) is 0 Å². The van der Waals surface area contributed by atoms with Crippen LogP contribution in [0.4, 0.5) is 10.3 Å². The van der Waals surface area contributed by atoms with E-state index in [0.717, 1.165) is 10.9 Å². The van der Waals surface area contributed by atoms with E-state index >= 15 is 0 Å². The molecule has 0 atom stereocenters. The van der Waals surface area contributed by atoms with Crippen LogP contribution in [0.3, 0.4) is 0 Å². The average Bonchev–Trinajstić information content (AvgIpc) is 2.72. The minimum atomic E-state index is -0.717. The highest BCUT2D eigenvalue weighted by Gasteiger charge is 2.16. The number of nitrogens with zero attached hydrogens (tertiary/aromatic N) is 5. The molecule has 108 valence electrons. The highest BCUT2D eigenvalue weighted by molar-refractivity contribution is 5.32. The summed E-state index contributed by atoms with van der Waals surface area (Å²) in [7, 11) is 0. The van der Waals surface area contributed by atoms with Crippen molar-refractivity contribution < 1.29 is 4.39 Å². The Labute approximate surface area is 114 Å². The molecule has 2 heterocycles. The maximum atomic E-state index is 13.8. The molecular weight excluding hydrogens is 265 g/mol. The summed E-state index contributed by atoms with van der Waals surface area (Å²) in [5.74, 6) is -0.208. The highest BCUT2D eigenvalue weighted by atomic mass is 19.1. The Morgan fingerprint density at radius 3 is 2.85 bits per heavy atom. The van der Waals surface area contributed by atoms with Crippen LogP contribution in [-0.2, 0) is 6.54 Å². The second-order valence-corrected chi connectivity index (χ2v) is 4.07. The normalized spacial score (nSPS) is 10.8. The fourth-order valence-electron chi connectivity index (χ4n) is 1.77. The molecule has 2 rings (SSSR count). The molecule has 8 nitrogen and oxygen atoms in total. The lowest BCUT2D eigenvalue weighted by Gasteiger charge is -2.05. The smallest absolute Gasteiger partial charge is 0.352 e.